The number of anilines is 1. The van der Waals surface area contributed by atoms with Gasteiger partial charge < -0.3 is 16.0 Å². The third-order valence-corrected chi connectivity index (χ3v) is 4.74. The van der Waals surface area contributed by atoms with Crippen molar-refractivity contribution in [3.05, 3.63) is 22.7 Å². The van der Waals surface area contributed by atoms with E-state index in [9.17, 15) is 4.79 Å². The fraction of sp³-hybridized carbons (Fsp3) is 0.429. The summed E-state index contributed by atoms with van der Waals surface area (Å²) in [7, 11) is 3.46. The van der Waals surface area contributed by atoms with Crippen molar-refractivity contribution >= 4 is 33.1 Å². The quantitative estimate of drug-likeness (QED) is 0.887. The van der Waals surface area contributed by atoms with Crippen LogP contribution in [0.1, 0.15) is 34.2 Å². The minimum atomic E-state index is -0.0639. The number of nitrogens with two attached hydrogens (primary N) is 1. The topological polar surface area (TPSA) is 71.2 Å². The van der Waals surface area contributed by atoms with E-state index in [4.69, 9.17) is 5.73 Å². The maximum atomic E-state index is 12.1. The number of hydrogen-bond donors (Lipinski definition) is 2. The van der Waals surface area contributed by atoms with Crippen LogP contribution >= 0.6 is 11.3 Å². The predicted octanol–water partition coefficient (Wildman–Crippen LogP) is 2.00. The van der Waals surface area contributed by atoms with Gasteiger partial charge in [-0.15, -0.1) is 11.3 Å². The highest BCUT2D eigenvalue weighted by Gasteiger charge is 2.21. The number of rotatable bonds is 2. The fourth-order valence-corrected chi connectivity index (χ4v) is 3.63. The van der Waals surface area contributed by atoms with Crippen LogP contribution in [0.5, 0.6) is 0 Å². The minimum absolute atomic E-state index is 0.0639. The molecule has 0 aliphatic carbocycles. The van der Waals surface area contributed by atoms with Crippen molar-refractivity contribution in [2.24, 2.45) is 0 Å². The second kappa shape index (κ2) is 5.03. The van der Waals surface area contributed by atoms with E-state index in [-0.39, 0.29) is 5.91 Å². The summed E-state index contributed by atoms with van der Waals surface area (Å²) >= 11 is 1.38. The SMILES string of the molecule is CN(C)C(=O)c1sc2nc([C@H]3CCCN3)ccc2c1N. The highest BCUT2D eigenvalue weighted by Crippen LogP contribution is 2.34. The van der Waals surface area contributed by atoms with Crippen LogP contribution in [0.2, 0.25) is 0 Å². The fourth-order valence-electron chi connectivity index (χ4n) is 2.50. The molecule has 2 aromatic heterocycles. The molecule has 1 saturated heterocycles. The van der Waals surface area contributed by atoms with Crippen molar-refractivity contribution in [1.29, 1.82) is 0 Å². The number of carbonyl (C=O) groups is 1. The molecule has 20 heavy (non-hydrogen) atoms. The van der Waals surface area contributed by atoms with Crippen LogP contribution in [0.15, 0.2) is 12.1 Å². The third-order valence-electron chi connectivity index (χ3n) is 3.63. The lowest BCUT2D eigenvalue weighted by atomic mass is 10.1. The van der Waals surface area contributed by atoms with Crippen molar-refractivity contribution in [2.75, 3.05) is 26.4 Å². The van der Waals surface area contributed by atoms with E-state index >= 15 is 0 Å². The van der Waals surface area contributed by atoms with Gasteiger partial charge in [-0.1, -0.05) is 0 Å². The molecule has 1 fully saturated rings. The molecule has 2 aromatic rings. The summed E-state index contributed by atoms with van der Waals surface area (Å²) in [5.74, 6) is -0.0639. The molecule has 1 amide bonds. The maximum Gasteiger partial charge on any atom is 0.265 e. The van der Waals surface area contributed by atoms with Gasteiger partial charge in [0.15, 0.2) is 0 Å². The van der Waals surface area contributed by atoms with Gasteiger partial charge in [-0.3, -0.25) is 4.79 Å². The second-order valence-electron chi connectivity index (χ2n) is 5.28. The zero-order valence-electron chi connectivity index (χ0n) is 11.6. The number of nitrogens with zero attached hydrogens (tertiary/aromatic N) is 2. The molecule has 0 spiro atoms. The number of nitrogens with one attached hydrogen (secondary N) is 1. The smallest absolute Gasteiger partial charge is 0.265 e. The monoisotopic (exact) mass is 290 g/mol. The van der Waals surface area contributed by atoms with E-state index in [1.807, 2.05) is 12.1 Å². The average molecular weight is 290 g/mol. The lowest BCUT2D eigenvalue weighted by molar-refractivity contribution is 0.0833. The molecular weight excluding hydrogens is 272 g/mol. The van der Waals surface area contributed by atoms with Gasteiger partial charge in [0.2, 0.25) is 0 Å². The molecule has 5 nitrogen and oxygen atoms in total. The first-order valence-corrected chi connectivity index (χ1v) is 7.53. The highest BCUT2D eigenvalue weighted by atomic mass is 32.1. The first kappa shape index (κ1) is 13.3. The largest absolute Gasteiger partial charge is 0.397 e. The Morgan fingerprint density at radius 3 is 2.95 bits per heavy atom. The molecule has 0 bridgehead atoms. The Balaban J connectivity index is 2.04. The van der Waals surface area contributed by atoms with E-state index in [2.05, 4.69) is 10.3 Å². The van der Waals surface area contributed by atoms with Crippen LogP contribution in [0.3, 0.4) is 0 Å². The molecule has 6 heteroatoms. The van der Waals surface area contributed by atoms with Gasteiger partial charge >= 0.3 is 0 Å². The van der Waals surface area contributed by atoms with Gasteiger partial charge in [-0.05, 0) is 31.5 Å². The van der Waals surface area contributed by atoms with Crippen molar-refractivity contribution in [1.82, 2.24) is 15.2 Å². The summed E-state index contributed by atoms with van der Waals surface area (Å²) in [5.41, 5.74) is 7.67. The van der Waals surface area contributed by atoms with Gasteiger partial charge in [0.1, 0.15) is 9.71 Å². The van der Waals surface area contributed by atoms with Crippen molar-refractivity contribution in [2.45, 2.75) is 18.9 Å². The van der Waals surface area contributed by atoms with Gasteiger partial charge in [0.05, 0.1) is 11.4 Å². The van der Waals surface area contributed by atoms with E-state index < -0.39 is 0 Å². The Morgan fingerprint density at radius 2 is 2.30 bits per heavy atom. The Bertz CT molecular complexity index is 658. The standard InChI is InChI=1S/C14H18N4OS/c1-18(2)14(19)12-11(15)8-5-6-10(17-13(8)20-12)9-4-3-7-16-9/h5-6,9,16H,3-4,7,15H2,1-2H3/t9-/m1/s1. The van der Waals surface area contributed by atoms with Gasteiger partial charge in [-0.25, -0.2) is 4.98 Å². The summed E-state index contributed by atoms with van der Waals surface area (Å²) in [4.78, 5) is 19.7. The van der Waals surface area contributed by atoms with Gasteiger partial charge in [-0.2, -0.15) is 0 Å². The number of amides is 1. The van der Waals surface area contributed by atoms with E-state index in [1.165, 1.54) is 17.8 Å². The molecular formula is C14H18N4OS. The Morgan fingerprint density at radius 1 is 1.50 bits per heavy atom. The lowest BCUT2D eigenvalue weighted by Gasteiger charge is -2.08. The number of aromatic nitrogens is 1. The minimum Gasteiger partial charge on any atom is -0.397 e. The van der Waals surface area contributed by atoms with E-state index in [0.29, 0.717) is 16.6 Å². The molecule has 0 radical (unpaired) electrons. The zero-order valence-corrected chi connectivity index (χ0v) is 12.5. The molecule has 3 rings (SSSR count). The number of hydrogen-bond acceptors (Lipinski definition) is 5. The summed E-state index contributed by atoms with van der Waals surface area (Å²) in [6.45, 7) is 1.04. The van der Waals surface area contributed by atoms with Crippen molar-refractivity contribution in [3.8, 4) is 0 Å². The molecule has 3 N–H and O–H groups in total. The third kappa shape index (κ3) is 2.14. The maximum absolute atomic E-state index is 12.1. The molecule has 106 valence electrons. The van der Waals surface area contributed by atoms with Crippen LogP contribution < -0.4 is 11.1 Å². The molecule has 1 atom stereocenters. The number of thiophene rings is 1. The summed E-state index contributed by atoms with van der Waals surface area (Å²) in [5, 5.41) is 4.31. The summed E-state index contributed by atoms with van der Waals surface area (Å²) in [6.07, 6.45) is 2.30. The average Bonchev–Trinajstić information content (AvgIpc) is 3.06. The highest BCUT2D eigenvalue weighted by molar-refractivity contribution is 7.21. The Hall–Kier alpha value is -1.66. The van der Waals surface area contributed by atoms with Crippen molar-refractivity contribution < 1.29 is 4.79 Å². The van der Waals surface area contributed by atoms with Gasteiger partial charge in [0.25, 0.3) is 5.91 Å². The second-order valence-corrected chi connectivity index (χ2v) is 6.28. The van der Waals surface area contributed by atoms with Crippen LogP contribution in [0.25, 0.3) is 10.2 Å². The molecule has 1 aliphatic heterocycles. The van der Waals surface area contributed by atoms with Crippen LogP contribution in [-0.2, 0) is 0 Å². The summed E-state index contributed by atoms with van der Waals surface area (Å²) < 4.78 is 0. The Kier molecular flexibility index (Phi) is 3.35. The van der Waals surface area contributed by atoms with E-state index in [1.54, 1.807) is 19.0 Å². The van der Waals surface area contributed by atoms with E-state index in [0.717, 1.165) is 28.9 Å². The molecule has 0 saturated carbocycles. The summed E-state index contributed by atoms with van der Waals surface area (Å²) in [6, 6.07) is 4.32. The zero-order chi connectivity index (χ0) is 14.3. The van der Waals surface area contributed by atoms with Gasteiger partial charge in [0, 0.05) is 25.5 Å². The van der Waals surface area contributed by atoms with Crippen LogP contribution in [0.4, 0.5) is 5.69 Å². The first-order valence-electron chi connectivity index (χ1n) is 6.72. The predicted molar refractivity (Wildman–Crippen MR) is 82.0 cm³/mol. The number of fused-ring (bicyclic) bond motifs is 1. The molecule has 1 aliphatic rings. The number of carbonyl (C=O) groups excluding carboxylic acids is 1. The van der Waals surface area contributed by atoms with Crippen LogP contribution in [0, 0.1) is 0 Å². The number of nitrogen functional groups attached to an aromatic ring is 1. The van der Waals surface area contributed by atoms with Crippen molar-refractivity contribution in [3.63, 3.8) is 0 Å². The Labute approximate surface area is 121 Å². The van der Waals surface area contributed by atoms with Crippen LogP contribution in [-0.4, -0.2) is 36.4 Å². The first-order chi connectivity index (χ1) is 9.58. The molecule has 3 heterocycles. The molecule has 0 aromatic carbocycles. The molecule has 0 unspecified atom stereocenters. The lowest BCUT2D eigenvalue weighted by Crippen LogP contribution is -2.21. The number of pyridine rings is 1. The normalized spacial score (nSPS) is 18.6.